The van der Waals surface area contributed by atoms with Gasteiger partial charge in [-0.2, -0.15) is 0 Å². The van der Waals surface area contributed by atoms with E-state index in [1.54, 1.807) is 0 Å². The molecule has 0 spiro atoms. The summed E-state index contributed by atoms with van der Waals surface area (Å²) in [5, 5.41) is 51.8. The summed E-state index contributed by atoms with van der Waals surface area (Å²) >= 11 is 4.76. The van der Waals surface area contributed by atoms with Crippen molar-refractivity contribution in [2.24, 2.45) is 0 Å². The Morgan fingerprint density at radius 2 is 1.62 bits per heavy atom. The van der Waals surface area contributed by atoms with Crippen molar-refractivity contribution in [2.45, 2.75) is 24.4 Å². The first-order valence-corrected chi connectivity index (χ1v) is 4.54. The fraction of sp³-hybridized carbons (Fsp3) is 0.625. The summed E-state index contributed by atoms with van der Waals surface area (Å²) in [6, 6.07) is 0. The van der Waals surface area contributed by atoms with E-state index < -0.39 is 37.0 Å². The van der Waals surface area contributed by atoms with E-state index >= 15 is 0 Å². The van der Waals surface area contributed by atoms with Gasteiger partial charge in [0.1, 0.15) is 18.3 Å². The van der Waals surface area contributed by atoms with Crippen molar-refractivity contribution in [1.29, 1.82) is 0 Å². The number of hydrogen-bond acceptors (Lipinski definition) is 6. The highest BCUT2D eigenvalue weighted by Crippen LogP contribution is 2.04. The molecule has 96 valence electrons. The van der Waals surface area contributed by atoms with Gasteiger partial charge in [-0.25, -0.2) is 4.79 Å². The Hall–Kier alpha value is -0.700. The Morgan fingerprint density at radius 1 is 1.25 bits per heavy atom. The molecule has 0 aromatic heterocycles. The zero-order valence-corrected chi connectivity index (χ0v) is 9.03. The fourth-order valence-electron chi connectivity index (χ4n) is 0.668. The third kappa shape index (κ3) is 6.72. The summed E-state index contributed by atoms with van der Waals surface area (Å²) < 4.78 is 0. The van der Waals surface area contributed by atoms with Crippen molar-refractivity contribution in [3.05, 3.63) is 12.1 Å². The maximum absolute atomic E-state index is 10.1. The van der Waals surface area contributed by atoms with Crippen molar-refractivity contribution in [3.63, 3.8) is 0 Å². The van der Waals surface area contributed by atoms with Crippen LogP contribution in [-0.2, 0) is 4.79 Å². The number of aliphatic carboxylic acids is 1. The van der Waals surface area contributed by atoms with Crippen molar-refractivity contribution in [3.8, 4) is 0 Å². The SMILES string of the molecule is C=CCl.O=C(O)[C@H](O)[C@@H](O)[C@H](O)[C@H](O)CO. The first kappa shape index (κ1) is 17.7. The largest absolute Gasteiger partial charge is 0.479 e. The normalized spacial score (nSPS) is 17.4. The summed E-state index contributed by atoms with van der Waals surface area (Å²) in [7, 11) is 0. The summed E-state index contributed by atoms with van der Waals surface area (Å²) in [5.74, 6) is -1.73. The van der Waals surface area contributed by atoms with Gasteiger partial charge in [0.05, 0.1) is 6.61 Å². The Bertz CT molecular complexity index is 211. The molecule has 16 heavy (non-hydrogen) atoms. The van der Waals surface area contributed by atoms with E-state index in [0.29, 0.717) is 0 Å². The summed E-state index contributed by atoms with van der Waals surface area (Å²) in [5.41, 5.74) is 1.22. The molecule has 0 saturated heterocycles. The van der Waals surface area contributed by atoms with Gasteiger partial charge in [-0.15, -0.1) is 0 Å². The average molecular weight is 259 g/mol. The topological polar surface area (TPSA) is 138 Å². The lowest BCUT2D eigenvalue weighted by molar-refractivity contribution is -0.164. The molecule has 0 rings (SSSR count). The highest BCUT2D eigenvalue weighted by atomic mass is 35.5. The summed E-state index contributed by atoms with van der Waals surface area (Å²) in [4.78, 5) is 10.1. The van der Waals surface area contributed by atoms with Crippen LogP contribution in [0.4, 0.5) is 0 Å². The molecule has 0 aliphatic heterocycles. The van der Waals surface area contributed by atoms with Gasteiger partial charge < -0.3 is 30.6 Å². The number of hydrogen-bond donors (Lipinski definition) is 6. The van der Waals surface area contributed by atoms with Crippen LogP contribution in [0.5, 0.6) is 0 Å². The van der Waals surface area contributed by atoms with Gasteiger partial charge in [0.25, 0.3) is 0 Å². The third-order valence-corrected chi connectivity index (χ3v) is 1.51. The molecule has 0 aliphatic rings. The maximum Gasteiger partial charge on any atom is 0.335 e. The first-order valence-electron chi connectivity index (χ1n) is 4.10. The van der Waals surface area contributed by atoms with Crippen LogP contribution >= 0.6 is 11.6 Å². The molecular weight excluding hydrogens is 244 g/mol. The number of carboxylic acid groups (broad SMARTS) is 1. The first-order chi connectivity index (χ1) is 7.33. The van der Waals surface area contributed by atoms with E-state index in [1.807, 2.05) is 0 Å². The van der Waals surface area contributed by atoms with Gasteiger partial charge in [0, 0.05) is 0 Å². The van der Waals surface area contributed by atoms with Crippen molar-refractivity contribution in [2.75, 3.05) is 6.61 Å². The van der Waals surface area contributed by atoms with Gasteiger partial charge in [-0.05, 0) is 5.54 Å². The lowest BCUT2D eigenvalue weighted by Gasteiger charge is -2.23. The predicted molar refractivity (Wildman–Crippen MR) is 54.8 cm³/mol. The molecule has 0 amide bonds. The molecule has 0 aliphatic carbocycles. The lowest BCUT2D eigenvalue weighted by Crippen LogP contribution is -2.48. The van der Waals surface area contributed by atoms with Gasteiger partial charge in [-0.1, -0.05) is 18.2 Å². The second-order valence-corrected chi connectivity index (χ2v) is 2.98. The van der Waals surface area contributed by atoms with E-state index in [9.17, 15) is 4.79 Å². The van der Waals surface area contributed by atoms with Crippen LogP contribution in [0.1, 0.15) is 0 Å². The monoisotopic (exact) mass is 258 g/mol. The zero-order valence-electron chi connectivity index (χ0n) is 8.27. The van der Waals surface area contributed by atoms with Crippen molar-refractivity contribution >= 4 is 17.6 Å². The lowest BCUT2D eigenvalue weighted by atomic mass is 10.0. The molecule has 0 saturated carbocycles. The van der Waals surface area contributed by atoms with Gasteiger partial charge in [0.15, 0.2) is 6.10 Å². The van der Waals surface area contributed by atoms with Crippen LogP contribution in [0.25, 0.3) is 0 Å². The number of aliphatic hydroxyl groups excluding tert-OH is 5. The standard InChI is InChI=1S/C6H12O7.C2H3Cl/c7-1-2(8)3(9)4(10)5(11)6(12)13;1-2-3/h2-5,7-11H,1H2,(H,12,13);2H,1H2/t2-,3-,4+,5-;/m1./s1. The maximum atomic E-state index is 10.1. The molecule has 0 unspecified atom stereocenters. The van der Waals surface area contributed by atoms with E-state index in [2.05, 4.69) is 6.58 Å². The molecule has 0 radical (unpaired) electrons. The van der Waals surface area contributed by atoms with Crippen molar-refractivity contribution in [1.82, 2.24) is 0 Å². The van der Waals surface area contributed by atoms with Crippen LogP contribution in [0, 0.1) is 0 Å². The number of rotatable bonds is 5. The molecule has 8 heteroatoms. The molecule has 0 aromatic rings. The number of carbonyl (C=O) groups is 1. The van der Waals surface area contributed by atoms with Crippen LogP contribution in [0.3, 0.4) is 0 Å². The minimum absolute atomic E-state index is 0.843. The average Bonchev–Trinajstić information content (AvgIpc) is 2.25. The van der Waals surface area contributed by atoms with Crippen LogP contribution in [0.15, 0.2) is 12.1 Å². The smallest absolute Gasteiger partial charge is 0.335 e. The van der Waals surface area contributed by atoms with Crippen LogP contribution < -0.4 is 0 Å². The number of halogens is 1. The van der Waals surface area contributed by atoms with Gasteiger partial charge >= 0.3 is 5.97 Å². The van der Waals surface area contributed by atoms with E-state index in [1.165, 1.54) is 5.54 Å². The molecule has 7 nitrogen and oxygen atoms in total. The summed E-state index contributed by atoms with van der Waals surface area (Å²) in [6.07, 6.45) is -7.84. The van der Waals surface area contributed by atoms with E-state index in [0.717, 1.165) is 0 Å². The molecule has 4 atom stereocenters. The molecule has 0 fully saturated rings. The van der Waals surface area contributed by atoms with E-state index in [-0.39, 0.29) is 0 Å². The molecule has 0 heterocycles. The van der Waals surface area contributed by atoms with E-state index in [4.69, 9.17) is 42.2 Å². The Kier molecular flexibility index (Phi) is 10.5. The molecule has 0 bridgehead atoms. The van der Waals surface area contributed by atoms with Crippen LogP contribution in [0.2, 0.25) is 0 Å². The number of aliphatic hydroxyl groups is 5. The second kappa shape index (κ2) is 9.52. The van der Waals surface area contributed by atoms with Crippen molar-refractivity contribution < 1.29 is 35.4 Å². The van der Waals surface area contributed by atoms with Crippen LogP contribution in [-0.4, -0.2) is 67.6 Å². The zero-order chi connectivity index (χ0) is 13.3. The molecular formula is C8H15ClO7. The minimum atomic E-state index is -2.20. The minimum Gasteiger partial charge on any atom is -0.479 e. The third-order valence-electron chi connectivity index (χ3n) is 1.51. The Balaban J connectivity index is 0. The highest BCUT2D eigenvalue weighted by Gasteiger charge is 2.33. The van der Waals surface area contributed by atoms with Gasteiger partial charge in [0.2, 0.25) is 0 Å². The quantitative estimate of drug-likeness (QED) is 0.331. The number of carboxylic acids is 1. The highest BCUT2D eigenvalue weighted by molar-refractivity contribution is 6.25. The summed E-state index contributed by atoms with van der Waals surface area (Å²) in [6.45, 7) is 2.28. The van der Waals surface area contributed by atoms with Gasteiger partial charge in [-0.3, -0.25) is 0 Å². The molecule has 6 N–H and O–H groups in total. The molecule has 0 aromatic carbocycles. The predicted octanol–water partition coefficient (Wildman–Crippen LogP) is -2.12. The Labute approximate surface area is 96.8 Å². The second-order valence-electron chi connectivity index (χ2n) is 2.67. The fourth-order valence-corrected chi connectivity index (χ4v) is 0.668. The Morgan fingerprint density at radius 3 is 1.88 bits per heavy atom.